The molecule has 0 aromatic heterocycles. The van der Waals surface area contributed by atoms with E-state index in [1.54, 1.807) is 21.3 Å². The monoisotopic (exact) mass is 353 g/mol. The van der Waals surface area contributed by atoms with Crippen LogP contribution in [0, 0.1) is 0 Å². The molecule has 2 rings (SSSR count). The van der Waals surface area contributed by atoms with Crippen LogP contribution >= 0.6 is 0 Å². The standard InChI is InChI=1S/C19H31NO5/c1-14-7-5-6-8-20(14)11-16(21)13-25-12-15-9-17(22-2)19(24-4)18(10-15)23-3/h9-10,14,16,21H,5-8,11-13H2,1-4H3/t14-,16-/m1/s1. The number of piperidine rings is 1. The molecule has 1 aromatic rings. The van der Waals surface area contributed by atoms with E-state index in [4.69, 9.17) is 18.9 Å². The second-order valence-corrected chi connectivity index (χ2v) is 6.54. The summed E-state index contributed by atoms with van der Waals surface area (Å²) in [5.41, 5.74) is 0.910. The van der Waals surface area contributed by atoms with Gasteiger partial charge in [0.05, 0.1) is 40.6 Å². The van der Waals surface area contributed by atoms with Crippen molar-refractivity contribution in [3.05, 3.63) is 17.7 Å². The topological polar surface area (TPSA) is 60.4 Å². The maximum Gasteiger partial charge on any atom is 0.203 e. The summed E-state index contributed by atoms with van der Waals surface area (Å²) in [6, 6.07) is 4.26. The minimum atomic E-state index is -0.484. The molecule has 6 nitrogen and oxygen atoms in total. The van der Waals surface area contributed by atoms with Crippen LogP contribution < -0.4 is 14.2 Å². The summed E-state index contributed by atoms with van der Waals surface area (Å²) in [4.78, 5) is 2.34. The molecule has 1 fully saturated rings. The molecule has 25 heavy (non-hydrogen) atoms. The minimum absolute atomic E-state index is 0.305. The highest BCUT2D eigenvalue weighted by molar-refractivity contribution is 5.53. The van der Waals surface area contributed by atoms with Gasteiger partial charge < -0.3 is 24.1 Å². The van der Waals surface area contributed by atoms with E-state index in [2.05, 4.69) is 11.8 Å². The molecule has 1 aliphatic heterocycles. The molecular weight excluding hydrogens is 322 g/mol. The number of rotatable bonds is 9. The highest BCUT2D eigenvalue weighted by Crippen LogP contribution is 2.38. The van der Waals surface area contributed by atoms with E-state index in [1.165, 1.54) is 19.3 Å². The molecule has 1 heterocycles. The first kappa shape index (κ1) is 19.8. The lowest BCUT2D eigenvalue weighted by Gasteiger charge is -2.34. The number of hydrogen-bond acceptors (Lipinski definition) is 6. The summed E-state index contributed by atoms with van der Waals surface area (Å²) in [5.74, 6) is 1.76. The maximum atomic E-state index is 10.2. The van der Waals surface area contributed by atoms with Crippen LogP contribution in [0.1, 0.15) is 31.7 Å². The normalized spacial score (nSPS) is 19.5. The predicted molar refractivity (Wildman–Crippen MR) is 96.6 cm³/mol. The molecule has 6 heteroatoms. The van der Waals surface area contributed by atoms with Crippen LogP contribution in [0.4, 0.5) is 0 Å². The average molecular weight is 353 g/mol. The molecule has 0 unspecified atom stereocenters. The van der Waals surface area contributed by atoms with Crippen molar-refractivity contribution < 1.29 is 24.1 Å². The maximum absolute atomic E-state index is 10.2. The number of aliphatic hydroxyl groups excluding tert-OH is 1. The summed E-state index contributed by atoms with van der Waals surface area (Å²) >= 11 is 0. The van der Waals surface area contributed by atoms with E-state index in [0.717, 1.165) is 12.1 Å². The Kier molecular flexibility index (Phi) is 7.81. The smallest absolute Gasteiger partial charge is 0.203 e. The van der Waals surface area contributed by atoms with Crippen molar-refractivity contribution in [2.75, 3.05) is 41.0 Å². The molecule has 0 bridgehead atoms. The lowest BCUT2D eigenvalue weighted by atomic mass is 10.0. The number of likely N-dealkylation sites (tertiary alicyclic amines) is 1. The van der Waals surface area contributed by atoms with Crippen molar-refractivity contribution in [3.8, 4) is 17.2 Å². The summed E-state index contributed by atoms with van der Waals surface area (Å²) in [7, 11) is 4.76. The number of β-amino-alcohol motifs (C(OH)–C–C–N with tert-alkyl or cyclic N) is 1. The molecule has 2 atom stereocenters. The number of aliphatic hydroxyl groups is 1. The van der Waals surface area contributed by atoms with E-state index in [1.807, 2.05) is 12.1 Å². The van der Waals surface area contributed by atoms with Crippen molar-refractivity contribution in [3.63, 3.8) is 0 Å². The second-order valence-electron chi connectivity index (χ2n) is 6.54. The SMILES string of the molecule is COc1cc(COC[C@H](O)CN2CCCC[C@H]2C)cc(OC)c1OC. The second kappa shape index (κ2) is 9.85. The van der Waals surface area contributed by atoms with Crippen LogP contribution in [0.15, 0.2) is 12.1 Å². The summed E-state index contributed by atoms with van der Waals surface area (Å²) in [5, 5.41) is 10.2. The van der Waals surface area contributed by atoms with E-state index in [-0.39, 0.29) is 0 Å². The molecule has 0 amide bonds. The predicted octanol–water partition coefficient (Wildman–Crippen LogP) is 2.46. The van der Waals surface area contributed by atoms with Crippen molar-refractivity contribution in [1.29, 1.82) is 0 Å². The highest BCUT2D eigenvalue weighted by atomic mass is 16.5. The third kappa shape index (κ3) is 5.49. The molecule has 0 aliphatic carbocycles. The summed E-state index contributed by atoms with van der Waals surface area (Å²) in [6.45, 7) is 4.63. The Bertz CT molecular complexity index is 512. The van der Waals surface area contributed by atoms with Gasteiger partial charge in [0.1, 0.15) is 0 Å². The number of ether oxygens (including phenoxy) is 4. The zero-order valence-electron chi connectivity index (χ0n) is 15.8. The Balaban J connectivity index is 1.86. The van der Waals surface area contributed by atoms with Gasteiger partial charge in [-0.3, -0.25) is 4.90 Å². The number of methoxy groups -OCH3 is 3. The van der Waals surface area contributed by atoms with Gasteiger partial charge in [-0.2, -0.15) is 0 Å². The van der Waals surface area contributed by atoms with Crippen LogP contribution in [0.5, 0.6) is 17.2 Å². The van der Waals surface area contributed by atoms with Gasteiger partial charge in [-0.25, -0.2) is 0 Å². The highest BCUT2D eigenvalue weighted by Gasteiger charge is 2.21. The molecule has 1 aliphatic rings. The first-order chi connectivity index (χ1) is 12.1. The molecule has 0 saturated carbocycles. The molecule has 142 valence electrons. The van der Waals surface area contributed by atoms with Crippen molar-refractivity contribution in [2.24, 2.45) is 0 Å². The fraction of sp³-hybridized carbons (Fsp3) is 0.684. The van der Waals surface area contributed by atoms with Gasteiger partial charge in [0, 0.05) is 12.6 Å². The van der Waals surface area contributed by atoms with Crippen LogP contribution in [-0.4, -0.2) is 63.2 Å². The Morgan fingerprint density at radius 1 is 1.12 bits per heavy atom. The molecule has 0 spiro atoms. The van der Waals surface area contributed by atoms with Gasteiger partial charge in [0.15, 0.2) is 11.5 Å². The van der Waals surface area contributed by atoms with Crippen molar-refractivity contribution in [1.82, 2.24) is 4.90 Å². The van der Waals surface area contributed by atoms with Gasteiger partial charge >= 0.3 is 0 Å². The summed E-state index contributed by atoms with van der Waals surface area (Å²) < 4.78 is 21.7. The van der Waals surface area contributed by atoms with Gasteiger partial charge in [0.2, 0.25) is 5.75 Å². The van der Waals surface area contributed by atoms with Crippen LogP contribution in [-0.2, 0) is 11.3 Å². The van der Waals surface area contributed by atoms with E-state index >= 15 is 0 Å². The van der Waals surface area contributed by atoms with Crippen molar-refractivity contribution in [2.45, 2.75) is 44.9 Å². The van der Waals surface area contributed by atoms with E-state index < -0.39 is 6.10 Å². The molecule has 0 radical (unpaired) electrons. The van der Waals surface area contributed by atoms with Gasteiger partial charge in [0.25, 0.3) is 0 Å². The van der Waals surface area contributed by atoms with Crippen LogP contribution in [0.25, 0.3) is 0 Å². The largest absolute Gasteiger partial charge is 0.493 e. The third-order valence-electron chi connectivity index (χ3n) is 4.69. The first-order valence-electron chi connectivity index (χ1n) is 8.87. The fourth-order valence-corrected chi connectivity index (χ4v) is 3.28. The first-order valence-corrected chi connectivity index (χ1v) is 8.87. The quantitative estimate of drug-likeness (QED) is 0.736. The molecule has 1 saturated heterocycles. The Labute approximate surface area is 150 Å². The molecule has 1 aromatic carbocycles. The van der Waals surface area contributed by atoms with Crippen LogP contribution in [0.3, 0.4) is 0 Å². The van der Waals surface area contributed by atoms with Crippen LogP contribution in [0.2, 0.25) is 0 Å². The Morgan fingerprint density at radius 3 is 2.36 bits per heavy atom. The molecule has 1 N–H and O–H groups in total. The van der Waals surface area contributed by atoms with E-state index in [9.17, 15) is 5.11 Å². The number of nitrogens with zero attached hydrogens (tertiary/aromatic N) is 1. The Morgan fingerprint density at radius 2 is 1.80 bits per heavy atom. The zero-order valence-corrected chi connectivity index (χ0v) is 15.8. The average Bonchev–Trinajstić information content (AvgIpc) is 2.62. The third-order valence-corrected chi connectivity index (χ3v) is 4.69. The minimum Gasteiger partial charge on any atom is -0.493 e. The van der Waals surface area contributed by atoms with Gasteiger partial charge in [-0.15, -0.1) is 0 Å². The number of hydrogen-bond donors (Lipinski definition) is 1. The zero-order chi connectivity index (χ0) is 18.2. The number of benzene rings is 1. The fourth-order valence-electron chi connectivity index (χ4n) is 3.28. The van der Waals surface area contributed by atoms with Crippen molar-refractivity contribution >= 4 is 0 Å². The summed E-state index contributed by atoms with van der Waals surface area (Å²) in [6.07, 6.45) is 3.22. The molecular formula is C19H31NO5. The van der Waals surface area contributed by atoms with Gasteiger partial charge in [-0.1, -0.05) is 6.42 Å². The lowest BCUT2D eigenvalue weighted by Crippen LogP contribution is -2.43. The Hall–Kier alpha value is -1.50. The van der Waals surface area contributed by atoms with E-state index in [0.29, 0.717) is 43.0 Å². The lowest BCUT2D eigenvalue weighted by molar-refractivity contribution is -0.00146. The van der Waals surface area contributed by atoms with Gasteiger partial charge in [-0.05, 0) is 44.0 Å².